The number of amides is 1. The van der Waals surface area contributed by atoms with E-state index in [0.29, 0.717) is 5.82 Å². The molecule has 1 aliphatic heterocycles. The molecule has 1 fully saturated rings. The summed E-state index contributed by atoms with van der Waals surface area (Å²) in [6.07, 6.45) is 2.78. The van der Waals surface area contributed by atoms with Gasteiger partial charge in [0.2, 0.25) is 11.9 Å². The molecule has 0 radical (unpaired) electrons. The van der Waals surface area contributed by atoms with Crippen LogP contribution in [0, 0.1) is 0 Å². The number of anilines is 2. The fraction of sp³-hybridized carbons (Fsp3) is 0.357. The van der Waals surface area contributed by atoms with Gasteiger partial charge in [-0.3, -0.25) is 4.79 Å². The lowest BCUT2D eigenvalue weighted by molar-refractivity contribution is -0.119. The van der Waals surface area contributed by atoms with E-state index in [2.05, 4.69) is 9.97 Å². The summed E-state index contributed by atoms with van der Waals surface area (Å²) in [4.78, 5) is 22.2. The van der Waals surface area contributed by atoms with Crippen LogP contribution in [0.5, 0.6) is 0 Å². The van der Waals surface area contributed by atoms with Crippen LogP contribution in [0.3, 0.4) is 0 Å². The van der Waals surface area contributed by atoms with Crippen molar-refractivity contribution in [2.45, 2.75) is 25.3 Å². The second kappa shape index (κ2) is 4.96. The number of nitrogen functional groups attached to an aromatic ring is 1. The largest absolute Gasteiger partial charge is 0.368 e. The second-order valence-corrected chi connectivity index (χ2v) is 5.03. The minimum atomic E-state index is -0.318. The molecule has 2 aromatic rings. The van der Waals surface area contributed by atoms with Gasteiger partial charge in [-0.15, -0.1) is 0 Å². The Hall–Kier alpha value is -2.37. The molecule has 0 spiro atoms. The van der Waals surface area contributed by atoms with Crippen molar-refractivity contribution < 1.29 is 4.79 Å². The van der Waals surface area contributed by atoms with E-state index in [4.69, 9.17) is 11.5 Å². The summed E-state index contributed by atoms with van der Waals surface area (Å²) in [5, 5.41) is 0.898. The molecular weight excluding hydrogens is 254 g/mol. The minimum Gasteiger partial charge on any atom is -0.368 e. The monoisotopic (exact) mass is 271 g/mol. The van der Waals surface area contributed by atoms with E-state index in [9.17, 15) is 4.79 Å². The molecule has 1 saturated heterocycles. The number of hydrogen-bond donors (Lipinski definition) is 2. The number of aromatic nitrogens is 2. The third kappa shape index (κ3) is 2.13. The van der Waals surface area contributed by atoms with E-state index in [1.54, 1.807) is 0 Å². The minimum absolute atomic E-state index is 0.215. The van der Waals surface area contributed by atoms with Crippen molar-refractivity contribution in [2.24, 2.45) is 5.73 Å². The molecule has 0 saturated carbocycles. The van der Waals surface area contributed by atoms with Crippen molar-refractivity contribution >= 4 is 28.6 Å². The first-order valence-electron chi connectivity index (χ1n) is 6.75. The van der Waals surface area contributed by atoms with Crippen LogP contribution >= 0.6 is 0 Å². The van der Waals surface area contributed by atoms with Crippen LogP contribution < -0.4 is 16.4 Å². The summed E-state index contributed by atoms with van der Waals surface area (Å²) in [7, 11) is 0. The third-order valence-electron chi connectivity index (χ3n) is 3.70. The number of nitrogens with zero attached hydrogens (tertiary/aromatic N) is 3. The first-order valence-corrected chi connectivity index (χ1v) is 6.75. The van der Waals surface area contributed by atoms with Crippen LogP contribution in [0.2, 0.25) is 0 Å². The summed E-state index contributed by atoms with van der Waals surface area (Å²) < 4.78 is 0. The van der Waals surface area contributed by atoms with Gasteiger partial charge < -0.3 is 16.4 Å². The van der Waals surface area contributed by atoms with E-state index in [1.807, 2.05) is 29.2 Å². The van der Waals surface area contributed by atoms with Crippen molar-refractivity contribution in [3.63, 3.8) is 0 Å². The first kappa shape index (κ1) is 12.7. The van der Waals surface area contributed by atoms with Gasteiger partial charge >= 0.3 is 0 Å². The van der Waals surface area contributed by atoms with Crippen LogP contribution in [-0.4, -0.2) is 28.5 Å². The van der Waals surface area contributed by atoms with Gasteiger partial charge in [0.25, 0.3) is 0 Å². The van der Waals surface area contributed by atoms with E-state index < -0.39 is 0 Å². The molecule has 0 bridgehead atoms. The number of carbonyl (C=O) groups excluding carboxylic acids is 1. The maximum Gasteiger partial charge on any atom is 0.240 e. The molecule has 1 unspecified atom stereocenters. The SMILES string of the molecule is NC(=O)C1CCCCN1c1nc(N)nc2ccccc12. The average molecular weight is 271 g/mol. The van der Waals surface area contributed by atoms with Gasteiger partial charge in [0.15, 0.2) is 0 Å². The number of fused-ring (bicyclic) bond motifs is 1. The highest BCUT2D eigenvalue weighted by atomic mass is 16.1. The number of hydrogen-bond acceptors (Lipinski definition) is 5. The zero-order chi connectivity index (χ0) is 14.1. The Morgan fingerprint density at radius 1 is 1.25 bits per heavy atom. The van der Waals surface area contributed by atoms with E-state index in [0.717, 1.165) is 36.7 Å². The van der Waals surface area contributed by atoms with Gasteiger partial charge in [-0.25, -0.2) is 4.98 Å². The van der Waals surface area contributed by atoms with Gasteiger partial charge in [-0.05, 0) is 31.4 Å². The van der Waals surface area contributed by atoms with Crippen LogP contribution in [0.25, 0.3) is 10.9 Å². The summed E-state index contributed by atoms with van der Waals surface area (Å²) in [6.45, 7) is 0.758. The Kier molecular flexibility index (Phi) is 3.14. The molecule has 6 nitrogen and oxygen atoms in total. The number of benzene rings is 1. The van der Waals surface area contributed by atoms with Crippen molar-refractivity contribution in [1.82, 2.24) is 9.97 Å². The Labute approximate surface area is 116 Å². The average Bonchev–Trinajstić information content (AvgIpc) is 2.46. The highest BCUT2D eigenvalue weighted by molar-refractivity contribution is 5.93. The number of rotatable bonds is 2. The smallest absolute Gasteiger partial charge is 0.240 e. The van der Waals surface area contributed by atoms with Crippen LogP contribution in [0.4, 0.5) is 11.8 Å². The molecule has 3 rings (SSSR count). The number of para-hydroxylation sites is 1. The summed E-state index contributed by atoms with van der Waals surface area (Å²) >= 11 is 0. The quantitative estimate of drug-likeness (QED) is 0.851. The molecular formula is C14H17N5O. The molecule has 1 aromatic heterocycles. The molecule has 1 aliphatic rings. The van der Waals surface area contributed by atoms with Crippen LogP contribution in [0.15, 0.2) is 24.3 Å². The first-order chi connectivity index (χ1) is 9.66. The topological polar surface area (TPSA) is 98.1 Å². The highest BCUT2D eigenvalue weighted by Gasteiger charge is 2.29. The lowest BCUT2D eigenvalue weighted by Crippen LogP contribution is -2.48. The lowest BCUT2D eigenvalue weighted by atomic mass is 10.0. The maximum atomic E-state index is 11.7. The number of nitrogens with two attached hydrogens (primary N) is 2. The van der Waals surface area contributed by atoms with Gasteiger partial charge in [-0.1, -0.05) is 12.1 Å². The van der Waals surface area contributed by atoms with Gasteiger partial charge in [0, 0.05) is 11.9 Å². The zero-order valence-corrected chi connectivity index (χ0v) is 11.1. The third-order valence-corrected chi connectivity index (χ3v) is 3.70. The Morgan fingerprint density at radius 2 is 2.05 bits per heavy atom. The Bertz CT molecular complexity index is 657. The predicted octanol–water partition coefficient (Wildman–Crippen LogP) is 1.06. The normalized spacial score (nSPS) is 19.2. The highest BCUT2D eigenvalue weighted by Crippen LogP contribution is 2.29. The fourth-order valence-corrected chi connectivity index (χ4v) is 2.78. The second-order valence-electron chi connectivity index (χ2n) is 5.03. The summed E-state index contributed by atoms with van der Waals surface area (Å²) in [6, 6.07) is 7.34. The molecule has 0 aliphatic carbocycles. The standard InChI is InChI=1S/C14H17N5O/c15-12(20)11-7-3-4-8-19(11)13-9-5-1-2-6-10(9)17-14(16)18-13/h1-2,5-6,11H,3-4,7-8H2,(H2,15,20)(H2,16,17,18). The molecule has 1 aromatic carbocycles. The van der Waals surface area contributed by atoms with Gasteiger partial charge in [-0.2, -0.15) is 4.98 Å². The Balaban J connectivity index is 2.14. The lowest BCUT2D eigenvalue weighted by Gasteiger charge is -2.35. The molecule has 104 valence electrons. The fourth-order valence-electron chi connectivity index (χ4n) is 2.78. The van der Waals surface area contributed by atoms with E-state index in [1.165, 1.54) is 0 Å². The molecule has 1 amide bonds. The van der Waals surface area contributed by atoms with Gasteiger partial charge in [0.05, 0.1) is 5.52 Å². The maximum absolute atomic E-state index is 11.7. The van der Waals surface area contributed by atoms with Crippen molar-refractivity contribution in [3.8, 4) is 0 Å². The summed E-state index contributed by atoms with van der Waals surface area (Å²) in [5.41, 5.74) is 12.1. The zero-order valence-electron chi connectivity index (χ0n) is 11.1. The molecule has 6 heteroatoms. The van der Waals surface area contributed by atoms with Crippen LogP contribution in [-0.2, 0) is 4.79 Å². The predicted molar refractivity (Wildman–Crippen MR) is 78.1 cm³/mol. The number of piperidine rings is 1. The molecule has 1 atom stereocenters. The van der Waals surface area contributed by atoms with Crippen molar-refractivity contribution in [2.75, 3.05) is 17.2 Å². The van der Waals surface area contributed by atoms with Crippen LogP contribution in [0.1, 0.15) is 19.3 Å². The van der Waals surface area contributed by atoms with Crippen molar-refractivity contribution in [3.05, 3.63) is 24.3 Å². The van der Waals surface area contributed by atoms with Crippen molar-refractivity contribution in [1.29, 1.82) is 0 Å². The van der Waals surface area contributed by atoms with Gasteiger partial charge in [0.1, 0.15) is 11.9 Å². The van der Waals surface area contributed by atoms with E-state index >= 15 is 0 Å². The number of primary amides is 1. The Morgan fingerprint density at radius 3 is 2.85 bits per heavy atom. The van der Waals surface area contributed by atoms with E-state index in [-0.39, 0.29) is 17.9 Å². The number of carbonyl (C=O) groups is 1. The molecule has 20 heavy (non-hydrogen) atoms. The molecule has 2 heterocycles. The molecule has 4 N–H and O–H groups in total. The summed E-state index contributed by atoms with van der Waals surface area (Å²) in [5.74, 6) is 0.607.